The predicted molar refractivity (Wildman–Crippen MR) is 89.5 cm³/mol. The van der Waals surface area contributed by atoms with Crippen LogP contribution in [0.25, 0.3) is 0 Å². The van der Waals surface area contributed by atoms with Gasteiger partial charge in [-0.15, -0.1) is 0 Å². The average molecular weight is 392 g/mol. The van der Waals surface area contributed by atoms with E-state index in [-0.39, 0.29) is 28.1 Å². The van der Waals surface area contributed by atoms with Crippen LogP contribution in [0.15, 0.2) is 29.2 Å². The van der Waals surface area contributed by atoms with Crippen LogP contribution in [0.2, 0.25) is 0 Å². The van der Waals surface area contributed by atoms with Crippen LogP contribution in [0.1, 0.15) is 30.6 Å². The third kappa shape index (κ3) is 8.24. The van der Waals surface area contributed by atoms with Crippen LogP contribution in [-0.4, -0.2) is 42.5 Å². The molecule has 0 spiro atoms. The van der Waals surface area contributed by atoms with Crippen molar-refractivity contribution >= 4 is 29.5 Å². The highest BCUT2D eigenvalue weighted by Crippen LogP contribution is 2.36. The number of hydrogen-bond donors (Lipinski definition) is 2. The number of carbonyl (C=O) groups excluding carboxylic acids is 3. The lowest BCUT2D eigenvalue weighted by Crippen LogP contribution is -2.46. The molecule has 0 saturated heterocycles. The average Bonchev–Trinajstić information content (AvgIpc) is 2.56. The smallest absolute Gasteiger partial charge is 0.446 e. The highest BCUT2D eigenvalue weighted by atomic mass is 32.2. The zero-order chi connectivity index (χ0) is 19.7. The van der Waals surface area contributed by atoms with Crippen LogP contribution in [0.5, 0.6) is 0 Å². The Morgan fingerprint density at radius 2 is 1.81 bits per heavy atom. The fourth-order valence-corrected chi connectivity index (χ4v) is 2.30. The first-order chi connectivity index (χ1) is 12.1. The number of carbonyl (C=O) groups is 3. The SMILES string of the molecule is CCCNC(=O)[C@@H](C)NC(=O)COC(=O)c1ccc(SC(F)(F)F)cc1. The summed E-state index contributed by atoms with van der Waals surface area (Å²) in [6.45, 7) is 3.25. The van der Waals surface area contributed by atoms with Crippen molar-refractivity contribution in [1.82, 2.24) is 10.6 Å². The normalized spacial score (nSPS) is 12.2. The Bertz CT molecular complexity index is 635. The Kier molecular flexibility index (Phi) is 8.43. The number of hydrogen-bond acceptors (Lipinski definition) is 5. The Labute approximate surface area is 152 Å². The molecule has 2 N–H and O–H groups in total. The maximum absolute atomic E-state index is 12.2. The zero-order valence-corrected chi connectivity index (χ0v) is 15.0. The van der Waals surface area contributed by atoms with E-state index in [0.29, 0.717) is 6.54 Å². The molecule has 0 unspecified atom stereocenters. The van der Waals surface area contributed by atoms with Crippen molar-refractivity contribution in [3.8, 4) is 0 Å². The van der Waals surface area contributed by atoms with Gasteiger partial charge >= 0.3 is 11.5 Å². The Hall–Kier alpha value is -2.23. The topological polar surface area (TPSA) is 84.5 Å². The molecule has 2 amide bonds. The third-order valence-corrected chi connectivity index (χ3v) is 3.72. The molecule has 1 rings (SSSR count). The van der Waals surface area contributed by atoms with Crippen LogP contribution in [-0.2, 0) is 14.3 Å². The molecule has 0 aliphatic carbocycles. The third-order valence-electron chi connectivity index (χ3n) is 2.98. The summed E-state index contributed by atoms with van der Waals surface area (Å²) in [5.41, 5.74) is -4.40. The number of esters is 1. The highest BCUT2D eigenvalue weighted by molar-refractivity contribution is 8.00. The lowest BCUT2D eigenvalue weighted by Gasteiger charge is -2.13. The van der Waals surface area contributed by atoms with Crippen LogP contribution in [0, 0.1) is 0 Å². The summed E-state index contributed by atoms with van der Waals surface area (Å²) >= 11 is -0.300. The molecule has 10 heteroatoms. The van der Waals surface area contributed by atoms with Gasteiger partial charge in [-0.1, -0.05) is 6.92 Å². The van der Waals surface area contributed by atoms with Gasteiger partial charge < -0.3 is 15.4 Å². The van der Waals surface area contributed by atoms with Crippen molar-refractivity contribution in [1.29, 1.82) is 0 Å². The zero-order valence-electron chi connectivity index (χ0n) is 14.2. The van der Waals surface area contributed by atoms with Crippen molar-refractivity contribution in [3.63, 3.8) is 0 Å². The summed E-state index contributed by atoms with van der Waals surface area (Å²) in [4.78, 5) is 35.0. The molecule has 6 nitrogen and oxygen atoms in total. The van der Waals surface area contributed by atoms with Gasteiger partial charge in [0.15, 0.2) is 6.61 Å². The molecular formula is C16H19F3N2O4S. The van der Waals surface area contributed by atoms with Gasteiger partial charge in [-0.2, -0.15) is 13.2 Å². The number of alkyl halides is 3. The first-order valence-corrected chi connectivity index (χ1v) is 8.54. The maximum atomic E-state index is 12.2. The molecule has 1 atom stereocenters. The summed E-state index contributed by atoms with van der Waals surface area (Å²) in [7, 11) is 0. The van der Waals surface area contributed by atoms with Gasteiger partial charge in [0, 0.05) is 11.4 Å². The highest BCUT2D eigenvalue weighted by Gasteiger charge is 2.29. The molecular weight excluding hydrogens is 373 g/mol. The van der Waals surface area contributed by atoms with Crippen molar-refractivity contribution in [2.24, 2.45) is 0 Å². The van der Waals surface area contributed by atoms with Gasteiger partial charge in [0.1, 0.15) is 6.04 Å². The second-order valence-electron chi connectivity index (χ2n) is 5.23. The lowest BCUT2D eigenvalue weighted by molar-refractivity contribution is -0.130. The molecule has 0 fully saturated rings. The second-order valence-corrected chi connectivity index (χ2v) is 6.37. The minimum absolute atomic E-state index is 0.0121. The van der Waals surface area contributed by atoms with Crippen LogP contribution in [0.4, 0.5) is 13.2 Å². The minimum Gasteiger partial charge on any atom is -0.452 e. The molecule has 0 saturated carbocycles. The summed E-state index contributed by atoms with van der Waals surface area (Å²) < 4.78 is 41.5. The quantitative estimate of drug-likeness (QED) is 0.525. The van der Waals surface area contributed by atoms with Crippen molar-refractivity contribution < 1.29 is 32.3 Å². The van der Waals surface area contributed by atoms with Gasteiger partial charge in [-0.3, -0.25) is 9.59 Å². The fraction of sp³-hybridized carbons (Fsp3) is 0.438. The number of halogens is 3. The summed E-state index contributed by atoms with van der Waals surface area (Å²) in [5.74, 6) is -1.88. The molecule has 1 aromatic rings. The number of amides is 2. The van der Waals surface area contributed by atoms with E-state index in [1.165, 1.54) is 19.1 Å². The molecule has 0 heterocycles. The van der Waals surface area contributed by atoms with E-state index in [1.807, 2.05) is 6.92 Å². The van der Waals surface area contributed by atoms with Crippen molar-refractivity contribution in [2.75, 3.05) is 13.2 Å². The first-order valence-electron chi connectivity index (χ1n) is 7.72. The molecule has 144 valence electrons. The van der Waals surface area contributed by atoms with E-state index in [9.17, 15) is 27.6 Å². The van der Waals surface area contributed by atoms with Gasteiger partial charge in [0.2, 0.25) is 5.91 Å². The molecule has 0 aliphatic rings. The van der Waals surface area contributed by atoms with E-state index in [2.05, 4.69) is 10.6 Å². The van der Waals surface area contributed by atoms with E-state index in [0.717, 1.165) is 18.6 Å². The number of thioether (sulfide) groups is 1. The lowest BCUT2D eigenvalue weighted by atomic mass is 10.2. The fourth-order valence-electron chi connectivity index (χ4n) is 1.76. The monoisotopic (exact) mass is 392 g/mol. The van der Waals surface area contributed by atoms with Gasteiger partial charge in [0.25, 0.3) is 5.91 Å². The number of nitrogens with one attached hydrogen (secondary N) is 2. The maximum Gasteiger partial charge on any atom is 0.446 e. The van der Waals surface area contributed by atoms with Crippen LogP contribution in [0.3, 0.4) is 0 Å². The van der Waals surface area contributed by atoms with Gasteiger partial charge in [0.05, 0.1) is 5.56 Å². The molecule has 0 bridgehead atoms. The van der Waals surface area contributed by atoms with Crippen molar-refractivity contribution in [3.05, 3.63) is 29.8 Å². The van der Waals surface area contributed by atoms with E-state index in [4.69, 9.17) is 4.74 Å². The van der Waals surface area contributed by atoms with Gasteiger partial charge in [-0.25, -0.2) is 4.79 Å². The van der Waals surface area contributed by atoms with Crippen molar-refractivity contribution in [2.45, 2.75) is 36.7 Å². The Balaban J connectivity index is 2.45. The Morgan fingerprint density at radius 3 is 2.35 bits per heavy atom. The number of ether oxygens (including phenoxy) is 1. The molecule has 1 aromatic carbocycles. The van der Waals surface area contributed by atoms with E-state index >= 15 is 0 Å². The van der Waals surface area contributed by atoms with Crippen LogP contribution < -0.4 is 10.6 Å². The first kappa shape index (κ1) is 21.8. The van der Waals surface area contributed by atoms with E-state index < -0.39 is 30.0 Å². The molecule has 0 radical (unpaired) electrons. The Morgan fingerprint density at radius 1 is 1.19 bits per heavy atom. The molecule has 0 aromatic heterocycles. The predicted octanol–water partition coefficient (Wildman–Crippen LogP) is 2.49. The largest absolute Gasteiger partial charge is 0.452 e. The number of rotatable bonds is 8. The van der Waals surface area contributed by atoms with E-state index in [1.54, 1.807) is 0 Å². The summed E-state index contributed by atoms with van der Waals surface area (Å²) in [5, 5.41) is 4.98. The minimum atomic E-state index is -4.42. The summed E-state index contributed by atoms with van der Waals surface area (Å²) in [6.07, 6.45) is 0.754. The standard InChI is InChI=1S/C16H19F3N2O4S/c1-3-8-20-14(23)10(2)21-13(22)9-25-15(24)11-4-6-12(7-5-11)26-16(17,18)19/h4-7,10H,3,8-9H2,1-2H3,(H,20,23)(H,21,22)/t10-/m1/s1. The molecule has 26 heavy (non-hydrogen) atoms. The summed E-state index contributed by atoms with van der Waals surface area (Å²) in [6, 6.07) is 3.83. The second kappa shape index (κ2) is 10.0. The number of benzene rings is 1. The van der Waals surface area contributed by atoms with Crippen LogP contribution >= 0.6 is 11.8 Å². The molecule has 0 aliphatic heterocycles. The van der Waals surface area contributed by atoms with Gasteiger partial charge in [-0.05, 0) is 49.4 Å².